The molecule has 0 aromatic heterocycles. The van der Waals surface area contributed by atoms with Crippen molar-refractivity contribution < 1.29 is 9.13 Å². The SMILES string of the molecule is C[B]c1cc(F)ccc1OC. The second kappa shape index (κ2) is 3.42. The van der Waals surface area contributed by atoms with Gasteiger partial charge in [-0.3, -0.25) is 0 Å². The third-order valence-corrected chi connectivity index (χ3v) is 1.50. The van der Waals surface area contributed by atoms with E-state index in [1.54, 1.807) is 13.2 Å². The summed E-state index contributed by atoms with van der Waals surface area (Å²) < 4.78 is 17.6. The van der Waals surface area contributed by atoms with Crippen molar-refractivity contribution in [3.05, 3.63) is 24.0 Å². The third-order valence-electron chi connectivity index (χ3n) is 1.50. The summed E-state index contributed by atoms with van der Waals surface area (Å²) in [6.07, 6.45) is 0. The molecule has 0 heterocycles. The molecule has 57 valence electrons. The molecule has 0 atom stereocenters. The van der Waals surface area contributed by atoms with Gasteiger partial charge >= 0.3 is 0 Å². The fraction of sp³-hybridized carbons (Fsp3) is 0.250. The van der Waals surface area contributed by atoms with Crippen LogP contribution in [0.1, 0.15) is 0 Å². The van der Waals surface area contributed by atoms with Crippen molar-refractivity contribution in [3.8, 4) is 5.75 Å². The van der Waals surface area contributed by atoms with E-state index in [1.807, 2.05) is 14.1 Å². The number of halogens is 1. The van der Waals surface area contributed by atoms with Crippen molar-refractivity contribution in [1.29, 1.82) is 0 Å². The maximum absolute atomic E-state index is 12.6. The van der Waals surface area contributed by atoms with Gasteiger partial charge in [0.15, 0.2) is 7.28 Å². The topological polar surface area (TPSA) is 9.23 Å². The van der Waals surface area contributed by atoms with Crippen LogP contribution in [0, 0.1) is 5.82 Å². The Morgan fingerprint density at radius 2 is 2.18 bits per heavy atom. The lowest BCUT2D eigenvalue weighted by Gasteiger charge is -2.04. The highest BCUT2D eigenvalue weighted by Gasteiger charge is 2.01. The molecule has 0 amide bonds. The summed E-state index contributed by atoms with van der Waals surface area (Å²) in [5, 5.41) is 0. The highest BCUT2D eigenvalue weighted by Crippen LogP contribution is 2.06. The maximum Gasteiger partial charge on any atom is 0.153 e. The van der Waals surface area contributed by atoms with Gasteiger partial charge in [0.25, 0.3) is 0 Å². The van der Waals surface area contributed by atoms with Crippen molar-refractivity contribution >= 4 is 12.7 Å². The normalized spacial score (nSPS) is 9.36. The highest BCUT2D eigenvalue weighted by atomic mass is 19.1. The number of hydrogen-bond acceptors (Lipinski definition) is 1. The molecular formula is C8H9BFO. The van der Waals surface area contributed by atoms with Crippen LogP contribution in [-0.2, 0) is 0 Å². The molecular weight excluding hydrogens is 142 g/mol. The van der Waals surface area contributed by atoms with E-state index >= 15 is 0 Å². The van der Waals surface area contributed by atoms with Crippen LogP contribution in [0.5, 0.6) is 5.75 Å². The van der Waals surface area contributed by atoms with Crippen molar-refractivity contribution in [2.24, 2.45) is 0 Å². The second-order valence-corrected chi connectivity index (χ2v) is 2.17. The fourth-order valence-corrected chi connectivity index (χ4v) is 0.931. The van der Waals surface area contributed by atoms with Gasteiger partial charge in [0.2, 0.25) is 0 Å². The monoisotopic (exact) mass is 151 g/mol. The molecule has 0 aliphatic rings. The first-order valence-electron chi connectivity index (χ1n) is 3.41. The smallest absolute Gasteiger partial charge is 0.153 e. The molecule has 1 aromatic rings. The van der Waals surface area contributed by atoms with E-state index in [0.717, 1.165) is 5.46 Å². The van der Waals surface area contributed by atoms with Gasteiger partial charge in [-0.1, -0.05) is 6.82 Å². The highest BCUT2D eigenvalue weighted by molar-refractivity contribution is 6.53. The van der Waals surface area contributed by atoms with Crippen molar-refractivity contribution in [2.75, 3.05) is 7.11 Å². The number of methoxy groups -OCH3 is 1. The summed E-state index contributed by atoms with van der Waals surface area (Å²) in [5.74, 6) is 0.466. The van der Waals surface area contributed by atoms with E-state index in [2.05, 4.69) is 0 Å². The van der Waals surface area contributed by atoms with Crippen LogP contribution in [0.2, 0.25) is 6.82 Å². The van der Waals surface area contributed by atoms with Crippen LogP contribution < -0.4 is 10.2 Å². The van der Waals surface area contributed by atoms with Gasteiger partial charge in [0.1, 0.15) is 11.6 Å². The van der Waals surface area contributed by atoms with Gasteiger partial charge in [0.05, 0.1) is 7.11 Å². The lowest BCUT2D eigenvalue weighted by molar-refractivity contribution is 0.417. The predicted molar refractivity (Wildman–Crippen MR) is 44.2 cm³/mol. The number of rotatable bonds is 2. The first kappa shape index (κ1) is 8.11. The van der Waals surface area contributed by atoms with Crippen LogP contribution in [0.3, 0.4) is 0 Å². The molecule has 0 unspecified atom stereocenters. The Kier molecular flexibility index (Phi) is 2.52. The first-order chi connectivity index (χ1) is 5.27. The molecule has 0 saturated carbocycles. The van der Waals surface area contributed by atoms with E-state index in [4.69, 9.17) is 4.74 Å². The summed E-state index contributed by atoms with van der Waals surface area (Å²) in [5.41, 5.74) is 0.785. The Hall–Kier alpha value is -0.985. The average molecular weight is 151 g/mol. The average Bonchev–Trinajstić information content (AvgIpc) is 2.04. The minimum Gasteiger partial charge on any atom is -0.497 e. The Morgan fingerprint density at radius 1 is 1.45 bits per heavy atom. The molecule has 1 rings (SSSR count). The van der Waals surface area contributed by atoms with Crippen LogP contribution in [0.4, 0.5) is 4.39 Å². The number of ether oxygens (including phenoxy) is 1. The molecule has 0 N–H and O–H groups in total. The van der Waals surface area contributed by atoms with Crippen molar-refractivity contribution in [1.82, 2.24) is 0 Å². The summed E-state index contributed by atoms with van der Waals surface area (Å²) in [7, 11) is 3.38. The molecule has 0 spiro atoms. The van der Waals surface area contributed by atoms with Crippen LogP contribution in [0.15, 0.2) is 18.2 Å². The third kappa shape index (κ3) is 1.73. The van der Waals surface area contributed by atoms with Gasteiger partial charge in [-0.05, 0) is 23.7 Å². The Labute approximate surface area is 66.4 Å². The van der Waals surface area contributed by atoms with Gasteiger partial charge in [-0.15, -0.1) is 0 Å². The van der Waals surface area contributed by atoms with E-state index in [9.17, 15) is 4.39 Å². The summed E-state index contributed by atoms with van der Waals surface area (Å²) in [4.78, 5) is 0. The lowest BCUT2D eigenvalue weighted by atomic mass is 9.73. The molecule has 0 fully saturated rings. The molecule has 0 saturated heterocycles. The number of benzene rings is 1. The second-order valence-electron chi connectivity index (χ2n) is 2.17. The molecule has 0 aliphatic carbocycles. The maximum atomic E-state index is 12.6. The summed E-state index contributed by atoms with van der Waals surface area (Å²) in [6, 6.07) is 4.44. The molecule has 3 heteroatoms. The Morgan fingerprint density at radius 3 is 2.73 bits per heavy atom. The van der Waals surface area contributed by atoms with E-state index in [-0.39, 0.29) is 5.82 Å². The molecule has 0 aliphatic heterocycles. The van der Waals surface area contributed by atoms with Crippen LogP contribution in [-0.4, -0.2) is 14.4 Å². The van der Waals surface area contributed by atoms with Gasteiger partial charge < -0.3 is 4.74 Å². The van der Waals surface area contributed by atoms with Gasteiger partial charge in [-0.25, -0.2) is 4.39 Å². The van der Waals surface area contributed by atoms with E-state index in [0.29, 0.717) is 5.75 Å². The van der Waals surface area contributed by atoms with Crippen LogP contribution >= 0.6 is 0 Å². The molecule has 0 bridgehead atoms. The van der Waals surface area contributed by atoms with Crippen LogP contribution in [0.25, 0.3) is 0 Å². The van der Waals surface area contributed by atoms with Gasteiger partial charge in [-0.2, -0.15) is 0 Å². The minimum absolute atomic E-state index is 0.237. The minimum atomic E-state index is -0.237. The molecule has 11 heavy (non-hydrogen) atoms. The Balaban J connectivity index is 3.06. The van der Waals surface area contributed by atoms with E-state index in [1.165, 1.54) is 12.1 Å². The fourth-order valence-electron chi connectivity index (χ4n) is 0.931. The predicted octanol–water partition coefficient (Wildman–Crippen LogP) is 1.21. The standard InChI is InChI=1S/C8H9BFO/c1-9-7-5-6(10)3-4-8(7)11-2/h3-5H,1-2H3. The largest absolute Gasteiger partial charge is 0.497 e. The lowest BCUT2D eigenvalue weighted by Crippen LogP contribution is -2.14. The number of hydrogen-bond donors (Lipinski definition) is 0. The molecule has 1 nitrogen and oxygen atoms in total. The van der Waals surface area contributed by atoms with Gasteiger partial charge in [0, 0.05) is 0 Å². The molecule has 1 radical (unpaired) electrons. The van der Waals surface area contributed by atoms with Crippen molar-refractivity contribution in [2.45, 2.75) is 6.82 Å². The Bertz CT molecular complexity index is 250. The summed E-state index contributed by atoms with van der Waals surface area (Å²) in [6.45, 7) is 1.84. The van der Waals surface area contributed by atoms with E-state index < -0.39 is 0 Å². The molecule has 1 aromatic carbocycles. The quantitative estimate of drug-likeness (QED) is 0.577. The zero-order chi connectivity index (χ0) is 8.27. The zero-order valence-corrected chi connectivity index (χ0v) is 6.60. The summed E-state index contributed by atoms with van der Waals surface area (Å²) >= 11 is 0. The van der Waals surface area contributed by atoms with Crippen molar-refractivity contribution in [3.63, 3.8) is 0 Å². The zero-order valence-electron chi connectivity index (χ0n) is 6.60. The first-order valence-corrected chi connectivity index (χ1v) is 3.41.